The number of amides is 1. The number of rotatable bonds is 7. The van der Waals surface area contributed by atoms with Gasteiger partial charge in [-0.1, -0.05) is 0 Å². The van der Waals surface area contributed by atoms with E-state index in [1.54, 1.807) is 0 Å². The van der Waals surface area contributed by atoms with Crippen molar-refractivity contribution in [2.75, 3.05) is 19.8 Å². The van der Waals surface area contributed by atoms with Crippen molar-refractivity contribution < 1.29 is 23.2 Å². The fourth-order valence-corrected chi connectivity index (χ4v) is 1.89. The van der Waals surface area contributed by atoms with Gasteiger partial charge >= 0.3 is 0 Å². The molecule has 1 aromatic carbocycles. The minimum absolute atomic E-state index is 0.0460. The van der Waals surface area contributed by atoms with Gasteiger partial charge in [0.1, 0.15) is 6.61 Å². The molecule has 0 aliphatic rings. The molecule has 20 heavy (non-hydrogen) atoms. The summed E-state index contributed by atoms with van der Waals surface area (Å²) in [7, 11) is 0. The third kappa shape index (κ3) is 5.33. The van der Waals surface area contributed by atoms with Crippen molar-refractivity contribution in [3.05, 3.63) is 37.4 Å². The van der Waals surface area contributed by atoms with Crippen LogP contribution in [0.15, 0.2) is 18.2 Å². The first-order chi connectivity index (χ1) is 9.41. The minimum Gasteiger partial charge on any atom is -0.374 e. The Labute approximate surface area is 126 Å². The van der Waals surface area contributed by atoms with E-state index in [1.807, 2.05) is 22.6 Å². The van der Waals surface area contributed by atoms with Gasteiger partial charge in [-0.15, -0.1) is 0 Å². The number of hydrogen-bond donors (Lipinski definition) is 1. The maximum atomic E-state index is 11.8. The summed E-state index contributed by atoms with van der Waals surface area (Å²) in [6.45, 7) is -0.698. The number of non-ortho nitro benzene ring substituents is 1. The number of nitrogens with zero attached hydrogens (tertiary/aromatic N) is 1. The standard InChI is InChI=1S/C11H11F2IN2O4/c12-10(13)6-20-4-3-15-11(17)8-5-7(16(18)19)1-2-9(8)14/h1-2,5,10H,3-4,6H2,(H,15,17). The predicted octanol–water partition coefficient (Wildman–Crippen LogP) is 2.21. The van der Waals surface area contributed by atoms with Gasteiger partial charge in [0.05, 0.1) is 17.1 Å². The van der Waals surface area contributed by atoms with Crippen LogP contribution >= 0.6 is 22.6 Å². The summed E-state index contributed by atoms with van der Waals surface area (Å²) in [5.74, 6) is -0.515. The number of alkyl halides is 2. The zero-order valence-corrected chi connectivity index (χ0v) is 12.3. The smallest absolute Gasteiger partial charge is 0.270 e. The molecule has 0 unspecified atom stereocenters. The Morgan fingerprint density at radius 3 is 2.80 bits per heavy atom. The number of nitrogens with one attached hydrogen (secondary N) is 1. The summed E-state index contributed by atoms with van der Waals surface area (Å²) in [5.41, 5.74) is -0.0295. The lowest BCUT2D eigenvalue weighted by Gasteiger charge is -2.07. The van der Waals surface area contributed by atoms with Crippen molar-refractivity contribution in [3.8, 4) is 0 Å². The summed E-state index contributed by atoms with van der Waals surface area (Å²) in [4.78, 5) is 21.8. The second-order valence-corrected chi connectivity index (χ2v) is 4.81. The van der Waals surface area contributed by atoms with E-state index < -0.39 is 23.9 Å². The van der Waals surface area contributed by atoms with Crippen molar-refractivity contribution in [1.82, 2.24) is 5.32 Å². The Balaban J connectivity index is 2.55. The molecule has 1 amide bonds. The Morgan fingerprint density at radius 2 is 2.20 bits per heavy atom. The van der Waals surface area contributed by atoms with E-state index in [0.29, 0.717) is 3.57 Å². The second-order valence-electron chi connectivity index (χ2n) is 3.64. The molecule has 1 aromatic rings. The number of nitro benzene ring substituents is 1. The van der Waals surface area contributed by atoms with Crippen LogP contribution in [0, 0.1) is 13.7 Å². The Hall–Kier alpha value is -1.36. The summed E-state index contributed by atoms with van der Waals surface area (Å²) < 4.78 is 28.7. The molecular formula is C11H11F2IN2O4. The van der Waals surface area contributed by atoms with E-state index in [1.165, 1.54) is 12.1 Å². The van der Waals surface area contributed by atoms with Gasteiger partial charge in [-0.25, -0.2) is 8.78 Å². The summed E-state index contributed by atoms with van der Waals surface area (Å²) in [5, 5.41) is 13.1. The molecule has 1 rings (SSSR count). The SMILES string of the molecule is O=C(NCCOCC(F)F)c1cc([N+](=O)[O-])ccc1I. The lowest BCUT2D eigenvalue weighted by Crippen LogP contribution is -2.28. The molecule has 0 saturated heterocycles. The van der Waals surface area contributed by atoms with Crippen molar-refractivity contribution in [2.45, 2.75) is 6.43 Å². The van der Waals surface area contributed by atoms with Crippen LogP contribution in [0.4, 0.5) is 14.5 Å². The topological polar surface area (TPSA) is 81.5 Å². The van der Waals surface area contributed by atoms with Gasteiger partial charge in [-0.05, 0) is 28.7 Å². The van der Waals surface area contributed by atoms with E-state index in [4.69, 9.17) is 0 Å². The van der Waals surface area contributed by atoms with Crippen LogP contribution in [0.1, 0.15) is 10.4 Å². The second kappa shape index (κ2) is 8.04. The lowest BCUT2D eigenvalue weighted by atomic mass is 10.2. The molecule has 0 radical (unpaired) electrons. The van der Waals surface area contributed by atoms with Crippen LogP contribution < -0.4 is 5.32 Å². The molecule has 0 atom stereocenters. The summed E-state index contributed by atoms with van der Waals surface area (Å²) >= 11 is 1.88. The molecule has 0 aromatic heterocycles. The van der Waals surface area contributed by atoms with Crippen molar-refractivity contribution in [1.29, 1.82) is 0 Å². The Morgan fingerprint density at radius 1 is 1.50 bits per heavy atom. The lowest BCUT2D eigenvalue weighted by molar-refractivity contribution is -0.384. The first-order valence-electron chi connectivity index (χ1n) is 5.50. The number of halogens is 3. The molecular weight excluding hydrogens is 389 g/mol. The molecule has 110 valence electrons. The van der Waals surface area contributed by atoms with Gasteiger partial charge in [-0.2, -0.15) is 0 Å². The molecule has 0 fully saturated rings. The van der Waals surface area contributed by atoms with E-state index >= 15 is 0 Å². The molecule has 9 heteroatoms. The monoisotopic (exact) mass is 400 g/mol. The zero-order valence-electron chi connectivity index (χ0n) is 10.1. The van der Waals surface area contributed by atoms with Crippen LogP contribution in [0.25, 0.3) is 0 Å². The fraction of sp³-hybridized carbons (Fsp3) is 0.364. The highest BCUT2D eigenvalue weighted by Crippen LogP contribution is 2.19. The predicted molar refractivity (Wildman–Crippen MR) is 75.0 cm³/mol. The van der Waals surface area contributed by atoms with Crippen molar-refractivity contribution >= 4 is 34.2 Å². The fourth-order valence-electron chi connectivity index (χ4n) is 1.31. The first-order valence-corrected chi connectivity index (χ1v) is 6.57. The quantitative estimate of drug-likeness (QED) is 0.330. The largest absolute Gasteiger partial charge is 0.374 e. The van der Waals surface area contributed by atoms with Gasteiger partial charge < -0.3 is 10.1 Å². The highest BCUT2D eigenvalue weighted by Gasteiger charge is 2.15. The normalized spacial score (nSPS) is 10.6. The average Bonchev–Trinajstić information content (AvgIpc) is 2.37. The molecule has 0 spiro atoms. The molecule has 0 aliphatic heterocycles. The summed E-state index contributed by atoms with van der Waals surface area (Å²) in [6.07, 6.45) is -2.55. The zero-order chi connectivity index (χ0) is 15.1. The number of benzene rings is 1. The van der Waals surface area contributed by atoms with E-state index in [2.05, 4.69) is 10.1 Å². The Kier molecular flexibility index (Phi) is 6.71. The Bertz CT molecular complexity index is 499. The van der Waals surface area contributed by atoms with Crippen LogP contribution in [0.5, 0.6) is 0 Å². The van der Waals surface area contributed by atoms with Crippen LogP contribution in [0.2, 0.25) is 0 Å². The van der Waals surface area contributed by atoms with Gasteiger partial charge in [0.15, 0.2) is 0 Å². The summed E-state index contributed by atoms with van der Waals surface area (Å²) in [6, 6.07) is 3.92. The first kappa shape index (κ1) is 16.7. The van der Waals surface area contributed by atoms with E-state index in [9.17, 15) is 23.7 Å². The molecule has 0 bridgehead atoms. The highest BCUT2D eigenvalue weighted by molar-refractivity contribution is 14.1. The molecule has 0 saturated carbocycles. The third-order valence-electron chi connectivity index (χ3n) is 2.18. The number of hydrogen-bond acceptors (Lipinski definition) is 4. The van der Waals surface area contributed by atoms with Gasteiger partial charge in [-0.3, -0.25) is 14.9 Å². The molecule has 6 nitrogen and oxygen atoms in total. The maximum Gasteiger partial charge on any atom is 0.270 e. The van der Waals surface area contributed by atoms with Crippen LogP contribution in [-0.2, 0) is 4.74 Å². The average molecular weight is 400 g/mol. The minimum atomic E-state index is -2.55. The number of carbonyl (C=O) groups excluding carboxylic acids is 1. The molecule has 0 heterocycles. The highest BCUT2D eigenvalue weighted by atomic mass is 127. The van der Waals surface area contributed by atoms with Gasteiger partial charge in [0.25, 0.3) is 18.0 Å². The van der Waals surface area contributed by atoms with Crippen molar-refractivity contribution in [3.63, 3.8) is 0 Å². The van der Waals surface area contributed by atoms with E-state index in [0.717, 1.165) is 6.07 Å². The molecule has 1 N–H and O–H groups in total. The van der Waals surface area contributed by atoms with Crippen LogP contribution in [0.3, 0.4) is 0 Å². The number of nitro groups is 1. The number of carbonyl (C=O) groups is 1. The van der Waals surface area contributed by atoms with E-state index in [-0.39, 0.29) is 24.4 Å². The third-order valence-corrected chi connectivity index (χ3v) is 3.12. The number of ether oxygens (including phenoxy) is 1. The van der Waals surface area contributed by atoms with Gasteiger partial charge in [0, 0.05) is 22.2 Å². The maximum absolute atomic E-state index is 11.8. The van der Waals surface area contributed by atoms with Crippen molar-refractivity contribution in [2.24, 2.45) is 0 Å². The van der Waals surface area contributed by atoms with Crippen LogP contribution in [-0.4, -0.2) is 37.0 Å². The molecule has 0 aliphatic carbocycles. The van der Waals surface area contributed by atoms with Gasteiger partial charge in [0.2, 0.25) is 0 Å².